The minimum Gasteiger partial charge on any atom is -0.345 e. The highest BCUT2D eigenvalue weighted by Crippen LogP contribution is 2.32. The molecule has 0 spiro atoms. The molecule has 0 amide bonds. The summed E-state index contributed by atoms with van der Waals surface area (Å²) in [6.45, 7) is 5.62. The van der Waals surface area contributed by atoms with E-state index in [9.17, 15) is 4.79 Å². The second-order valence-corrected chi connectivity index (χ2v) is 11.2. The van der Waals surface area contributed by atoms with E-state index in [4.69, 9.17) is 4.98 Å². The van der Waals surface area contributed by atoms with Crippen LogP contribution in [0.1, 0.15) is 28.6 Å². The van der Waals surface area contributed by atoms with E-state index in [1.807, 2.05) is 48.0 Å². The number of nitrogens with zero attached hydrogens (tertiary/aromatic N) is 7. The molecule has 1 atom stereocenters. The average Bonchev–Trinajstić information content (AvgIpc) is 3.62. The van der Waals surface area contributed by atoms with Crippen LogP contribution in [-0.2, 0) is 6.54 Å². The van der Waals surface area contributed by atoms with E-state index >= 15 is 0 Å². The van der Waals surface area contributed by atoms with Crippen LogP contribution in [0.4, 0.5) is 5.13 Å². The quantitative estimate of drug-likeness (QED) is 0.330. The lowest BCUT2D eigenvalue weighted by Crippen LogP contribution is -2.49. The molecule has 3 aromatic heterocycles. The maximum atomic E-state index is 13.6. The lowest BCUT2D eigenvalue weighted by molar-refractivity contribution is 0.200. The van der Waals surface area contributed by atoms with Crippen molar-refractivity contribution in [3.05, 3.63) is 112 Å². The normalized spacial score (nSPS) is 15.2. The summed E-state index contributed by atoms with van der Waals surface area (Å²) in [6.07, 6.45) is 0. The third-order valence-corrected chi connectivity index (χ3v) is 8.63. The molecule has 9 nitrogen and oxygen atoms in total. The van der Waals surface area contributed by atoms with Gasteiger partial charge in [0.05, 0.1) is 16.8 Å². The Bertz CT molecular complexity index is 1820. The van der Waals surface area contributed by atoms with Crippen molar-refractivity contribution in [2.75, 3.05) is 31.1 Å². The van der Waals surface area contributed by atoms with Crippen LogP contribution in [0.3, 0.4) is 0 Å². The van der Waals surface area contributed by atoms with Gasteiger partial charge < -0.3 is 9.88 Å². The van der Waals surface area contributed by atoms with Gasteiger partial charge in [-0.1, -0.05) is 65.9 Å². The lowest BCUT2D eigenvalue weighted by atomic mass is 10.0. The standard InChI is InChI=1S/C30H28N8OS/c1-20-11-12-22-18-23(29(39)31-25(22)17-20)27(28-33-34-35-38(28)19-21-7-3-2-4-8-21)36-13-15-37(16-14-36)30-32-24-9-5-6-10-26(24)40-30/h2-12,17-18,27H,13-16,19H2,1H3,(H,31,39). The molecule has 6 aromatic rings. The van der Waals surface area contributed by atoms with Gasteiger partial charge in [-0.15, -0.1) is 5.10 Å². The summed E-state index contributed by atoms with van der Waals surface area (Å²) < 4.78 is 3.01. The molecule has 1 aliphatic heterocycles. The molecule has 4 heterocycles. The molecule has 1 unspecified atom stereocenters. The zero-order valence-corrected chi connectivity index (χ0v) is 22.9. The summed E-state index contributed by atoms with van der Waals surface area (Å²) in [7, 11) is 0. The Balaban J connectivity index is 1.25. The minimum absolute atomic E-state index is 0.119. The summed E-state index contributed by atoms with van der Waals surface area (Å²) in [4.78, 5) is 26.2. The molecule has 0 radical (unpaired) electrons. The van der Waals surface area contributed by atoms with Crippen molar-refractivity contribution in [1.82, 2.24) is 35.1 Å². The molecule has 1 fully saturated rings. The molecule has 10 heteroatoms. The van der Waals surface area contributed by atoms with Crippen LogP contribution in [0.15, 0.2) is 83.7 Å². The summed E-state index contributed by atoms with van der Waals surface area (Å²) >= 11 is 1.72. The number of para-hydroxylation sites is 1. The van der Waals surface area contributed by atoms with Crippen LogP contribution >= 0.6 is 11.3 Å². The molecule has 7 rings (SSSR count). The summed E-state index contributed by atoms with van der Waals surface area (Å²) in [5.74, 6) is 0.661. The lowest BCUT2D eigenvalue weighted by Gasteiger charge is -2.38. The van der Waals surface area contributed by atoms with Crippen molar-refractivity contribution in [2.24, 2.45) is 0 Å². The van der Waals surface area contributed by atoms with Crippen LogP contribution in [0, 0.1) is 6.92 Å². The number of thiazole rings is 1. The molecular weight excluding hydrogens is 520 g/mol. The molecule has 40 heavy (non-hydrogen) atoms. The first-order chi connectivity index (χ1) is 19.6. The summed E-state index contributed by atoms with van der Waals surface area (Å²) in [5.41, 5.74) is 4.58. The van der Waals surface area contributed by atoms with Crippen molar-refractivity contribution in [2.45, 2.75) is 19.5 Å². The fourth-order valence-electron chi connectivity index (χ4n) is 5.48. The number of benzene rings is 3. The number of aromatic nitrogens is 6. The molecule has 1 saturated heterocycles. The first-order valence-electron chi connectivity index (χ1n) is 13.4. The first-order valence-corrected chi connectivity index (χ1v) is 14.2. The van der Waals surface area contributed by atoms with Gasteiger partial charge in [0.1, 0.15) is 6.04 Å². The number of aryl methyl sites for hydroxylation is 1. The molecule has 0 aliphatic carbocycles. The third-order valence-electron chi connectivity index (χ3n) is 7.54. The maximum Gasteiger partial charge on any atom is 0.253 e. The highest BCUT2D eigenvalue weighted by atomic mass is 32.1. The largest absolute Gasteiger partial charge is 0.345 e. The number of nitrogens with one attached hydrogen (secondary N) is 1. The number of rotatable bonds is 6. The summed E-state index contributed by atoms with van der Waals surface area (Å²) in [6, 6.07) is 26.1. The number of hydrogen-bond donors (Lipinski definition) is 1. The topological polar surface area (TPSA) is 95.8 Å². The summed E-state index contributed by atoms with van der Waals surface area (Å²) in [5, 5.41) is 14.9. The van der Waals surface area contributed by atoms with E-state index < -0.39 is 6.04 Å². The Hall–Kier alpha value is -4.41. The van der Waals surface area contributed by atoms with Gasteiger partial charge in [0.15, 0.2) is 11.0 Å². The van der Waals surface area contributed by atoms with E-state index in [1.165, 1.54) is 4.70 Å². The number of aromatic amines is 1. The van der Waals surface area contributed by atoms with E-state index in [0.717, 1.165) is 58.9 Å². The van der Waals surface area contributed by atoms with Gasteiger partial charge in [-0.25, -0.2) is 9.67 Å². The predicted molar refractivity (Wildman–Crippen MR) is 158 cm³/mol. The number of pyridine rings is 1. The number of anilines is 1. The highest BCUT2D eigenvalue weighted by molar-refractivity contribution is 7.22. The molecule has 1 aliphatic rings. The predicted octanol–water partition coefficient (Wildman–Crippen LogP) is 4.39. The van der Waals surface area contributed by atoms with Crippen LogP contribution in [0.2, 0.25) is 0 Å². The highest BCUT2D eigenvalue weighted by Gasteiger charge is 2.33. The third kappa shape index (κ3) is 4.65. The Labute approximate surface area is 234 Å². The van der Waals surface area contributed by atoms with Crippen molar-refractivity contribution in [3.63, 3.8) is 0 Å². The number of piperazine rings is 1. The molecule has 200 valence electrons. The zero-order valence-electron chi connectivity index (χ0n) is 22.1. The minimum atomic E-state index is -0.398. The smallest absolute Gasteiger partial charge is 0.253 e. The van der Waals surface area contributed by atoms with Crippen LogP contribution < -0.4 is 10.5 Å². The van der Waals surface area contributed by atoms with E-state index in [2.05, 4.69) is 72.8 Å². The fourth-order valence-corrected chi connectivity index (χ4v) is 6.49. The van der Waals surface area contributed by atoms with Crippen LogP contribution in [-0.4, -0.2) is 61.3 Å². The van der Waals surface area contributed by atoms with E-state index in [0.29, 0.717) is 17.9 Å². The first kappa shape index (κ1) is 24.6. The zero-order chi connectivity index (χ0) is 27.1. The van der Waals surface area contributed by atoms with Gasteiger partial charge in [0, 0.05) is 37.3 Å². The SMILES string of the molecule is Cc1ccc2cc(C(c3nnnn3Cc3ccccc3)N3CCN(c4nc5ccccc5s4)CC3)c(=O)[nH]c2c1. The van der Waals surface area contributed by atoms with E-state index in [1.54, 1.807) is 11.3 Å². The van der Waals surface area contributed by atoms with Crippen molar-refractivity contribution in [1.29, 1.82) is 0 Å². The van der Waals surface area contributed by atoms with E-state index in [-0.39, 0.29) is 5.56 Å². The number of fused-ring (bicyclic) bond motifs is 2. The number of H-pyrrole nitrogens is 1. The Morgan fingerprint density at radius 2 is 1.75 bits per heavy atom. The molecule has 0 saturated carbocycles. The number of hydrogen-bond acceptors (Lipinski definition) is 8. The van der Waals surface area contributed by atoms with Crippen LogP contribution in [0.25, 0.3) is 21.1 Å². The van der Waals surface area contributed by atoms with Crippen molar-refractivity contribution < 1.29 is 0 Å². The second kappa shape index (κ2) is 10.3. The van der Waals surface area contributed by atoms with Gasteiger partial charge in [0.2, 0.25) is 0 Å². The Morgan fingerprint density at radius 1 is 0.950 bits per heavy atom. The van der Waals surface area contributed by atoms with Gasteiger partial charge in [-0.2, -0.15) is 0 Å². The number of tetrazole rings is 1. The van der Waals surface area contributed by atoms with Gasteiger partial charge in [0.25, 0.3) is 5.56 Å². The molecule has 0 bridgehead atoms. The second-order valence-electron chi connectivity index (χ2n) is 10.2. The fraction of sp³-hybridized carbons (Fsp3) is 0.233. The molecule has 1 N–H and O–H groups in total. The Morgan fingerprint density at radius 3 is 2.58 bits per heavy atom. The molecular formula is C30H28N8OS. The van der Waals surface area contributed by atoms with Crippen molar-refractivity contribution >= 4 is 37.6 Å². The monoisotopic (exact) mass is 548 g/mol. The maximum absolute atomic E-state index is 13.6. The Kier molecular flexibility index (Phi) is 6.33. The van der Waals surface area contributed by atoms with Crippen LogP contribution in [0.5, 0.6) is 0 Å². The van der Waals surface area contributed by atoms with Gasteiger partial charge in [-0.3, -0.25) is 9.69 Å². The molecule has 3 aromatic carbocycles. The van der Waals surface area contributed by atoms with Crippen molar-refractivity contribution in [3.8, 4) is 0 Å². The average molecular weight is 549 g/mol. The van der Waals surface area contributed by atoms with Gasteiger partial charge in [-0.05, 0) is 58.1 Å². The van der Waals surface area contributed by atoms with Gasteiger partial charge >= 0.3 is 0 Å².